The molecule has 39 heavy (non-hydrogen) atoms. The standard InChI is InChI=1S/C22H32ClO11P.4Na/c23-20(18(24)25,19(26)27)4-5-31-22(14-2-1-3-17(11-14)32-35(28,29)30)21(33-34-22)15-7-12-6-13(9-15)10-16(21)8-12;;;;/h12-17H,1-11H2,(H,24,25)(H,26,27)(H2,28,29,30);;;;/q;4*+1/p-4. The first-order valence-corrected chi connectivity index (χ1v) is 14.1. The topological polar surface area (TPSA) is 180 Å². The summed E-state index contributed by atoms with van der Waals surface area (Å²) in [7, 11) is -5.21. The van der Waals surface area contributed by atoms with Crippen LogP contribution in [0.5, 0.6) is 0 Å². The molecule has 0 aromatic rings. The fourth-order valence-corrected chi connectivity index (χ4v) is 8.48. The number of ether oxygens (including phenoxy) is 1. The second kappa shape index (κ2) is 15.2. The van der Waals surface area contributed by atoms with Gasteiger partial charge in [0.25, 0.3) is 0 Å². The minimum absolute atomic E-state index is 0. The first kappa shape index (κ1) is 40.2. The van der Waals surface area contributed by atoms with Gasteiger partial charge in [0.05, 0.1) is 32.5 Å². The number of hydrogen-bond acceptors (Lipinski definition) is 11. The van der Waals surface area contributed by atoms with Crippen LogP contribution in [0.25, 0.3) is 0 Å². The van der Waals surface area contributed by atoms with Gasteiger partial charge in [0.1, 0.15) is 4.87 Å². The molecule has 3 atom stereocenters. The number of alkyl halides is 1. The van der Waals surface area contributed by atoms with E-state index < -0.39 is 61.1 Å². The van der Waals surface area contributed by atoms with Crippen LogP contribution in [-0.2, 0) is 33.2 Å². The zero-order chi connectivity index (χ0) is 25.2. The van der Waals surface area contributed by atoms with Gasteiger partial charge < -0.3 is 43.4 Å². The summed E-state index contributed by atoms with van der Waals surface area (Å²) in [6, 6.07) is 0. The molecule has 0 radical (unpaired) electrons. The van der Waals surface area contributed by atoms with E-state index >= 15 is 0 Å². The Morgan fingerprint density at radius 3 is 1.85 bits per heavy atom. The van der Waals surface area contributed by atoms with Gasteiger partial charge in [-0.1, -0.05) is 6.42 Å². The van der Waals surface area contributed by atoms with Crippen LogP contribution in [0.15, 0.2) is 0 Å². The van der Waals surface area contributed by atoms with Crippen LogP contribution in [0, 0.1) is 29.6 Å². The maximum absolute atomic E-state index is 11.4. The predicted octanol–water partition coefficient (Wildman–Crippen LogP) is -12.9. The molecule has 198 valence electrons. The van der Waals surface area contributed by atoms with Crippen molar-refractivity contribution in [3.8, 4) is 0 Å². The van der Waals surface area contributed by atoms with E-state index in [1.165, 1.54) is 6.42 Å². The number of carboxylic acid groups (broad SMARTS) is 2. The molecule has 6 rings (SSSR count). The molecule has 1 heterocycles. The van der Waals surface area contributed by atoms with Crippen LogP contribution in [0.1, 0.15) is 64.2 Å². The van der Waals surface area contributed by atoms with Gasteiger partial charge >= 0.3 is 118 Å². The first-order valence-electron chi connectivity index (χ1n) is 12.2. The summed E-state index contributed by atoms with van der Waals surface area (Å²) >= 11 is 5.78. The second-order valence-corrected chi connectivity index (χ2v) is 12.7. The molecular weight excluding hydrogens is 599 g/mol. The van der Waals surface area contributed by atoms with Gasteiger partial charge in [0.15, 0.2) is 5.60 Å². The van der Waals surface area contributed by atoms with Crippen molar-refractivity contribution in [1.82, 2.24) is 0 Å². The third-order valence-corrected chi connectivity index (χ3v) is 10.1. The van der Waals surface area contributed by atoms with Crippen molar-refractivity contribution in [3.05, 3.63) is 0 Å². The Balaban J connectivity index is 0.00000190. The third kappa shape index (κ3) is 7.46. The fourth-order valence-electron chi connectivity index (χ4n) is 7.85. The molecule has 4 bridgehead atoms. The van der Waals surface area contributed by atoms with Gasteiger partial charge in [-0.2, -0.15) is 4.89 Å². The van der Waals surface area contributed by atoms with E-state index in [2.05, 4.69) is 0 Å². The molecule has 6 aliphatic rings. The number of halogens is 1. The molecule has 5 saturated carbocycles. The second-order valence-electron chi connectivity index (χ2n) is 10.9. The van der Waals surface area contributed by atoms with Crippen molar-refractivity contribution >= 4 is 31.4 Å². The van der Waals surface area contributed by atoms with E-state index in [0.29, 0.717) is 31.1 Å². The van der Waals surface area contributed by atoms with Crippen molar-refractivity contribution in [2.24, 2.45) is 29.6 Å². The Kier molecular flexibility index (Phi) is 15.7. The van der Waals surface area contributed by atoms with Crippen molar-refractivity contribution in [2.75, 3.05) is 6.61 Å². The number of aliphatic carboxylic acids is 2. The van der Waals surface area contributed by atoms with Gasteiger partial charge in [-0.15, -0.1) is 11.6 Å². The Morgan fingerprint density at radius 2 is 1.41 bits per heavy atom. The van der Waals surface area contributed by atoms with Gasteiger partial charge in [0, 0.05) is 12.3 Å². The van der Waals surface area contributed by atoms with E-state index in [-0.39, 0.29) is 136 Å². The van der Waals surface area contributed by atoms with Crippen molar-refractivity contribution < 1.29 is 171 Å². The van der Waals surface area contributed by atoms with Crippen LogP contribution < -0.4 is 138 Å². The molecule has 11 nitrogen and oxygen atoms in total. The molecule has 1 aliphatic heterocycles. The summed E-state index contributed by atoms with van der Waals surface area (Å²) in [5, 5.41) is 22.8. The molecule has 0 aromatic carbocycles. The molecule has 0 N–H and O–H groups in total. The first-order chi connectivity index (χ1) is 16.4. The summed E-state index contributed by atoms with van der Waals surface area (Å²) < 4.78 is 22.3. The number of phosphoric acid groups is 1. The van der Waals surface area contributed by atoms with Crippen LogP contribution in [0.4, 0.5) is 0 Å². The smallest absolute Gasteiger partial charge is 0.790 e. The molecule has 17 heteroatoms. The monoisotopic (exact) mass is 626 g/mol. The maximum atomic E-state index is 11.4. The molecule has 3 unspecified atom stereocenters. The van der Waals surface area contributed by atoms with Crippen molar-refractivity contribution in [2.45, 2.75) is 86.6 Å². The molecule has 5 aliphatic carbocycles. The van der Waals surface area contributed by atoms with E-state index in [9.17, 15) is 34.2 Å². The number of hydrogen-bond donors (Lipinski definition) is 0. The Labute approximate surface area is 321 Å². The van der Waals surface area contributed by atoms with Crippen LogP contribution in [-0.4, -0.2) is 40.9 Å². The Morgan fingerprint density at radius 1 is 0.872 bits per heavy atom. The average Bonchev–Trinajstić information content (AvgIpc) is 2.74. The fraction of sp³-hybridized carbons (Fsp3) is 0.909. The van der Waals surface area contributed by atoms with Crippen molar-refractivity contribution in [1.29, 1.82) is 0 Å². The minimum atomic E-state index is -5.21. The van der Waals surface area contributed by atoms with Crippen LogP contribution in [0.2, 0.25) is 0 Å². The van der Waals surface area contributed by atoms with Gasteiger partial charge in [-0.25, -0.2) is 4.89 Å². The van der Waals surface area contributed by atoms with E-state index in [4.69, 9.17) is 30.6 Å². The predicted molar refractivity (Wildman–Crippen MR) is 108 cm³/mol. The number of phosphoric ester groups is 1. The van der Waals surface area contributed by atoms with Gasteiger partial charge in [-0.3, -0.25) is 0 Å². The van der Waals surface area contributed by atoms with Crippen LogP contribution in [0.3, 0.4) is 0 Å². The number of rotatable bonds is 9. The number of carbonyl (C=O) groups excluding carboxylic acids is 2. The molecule has 0 amide bonds. The summed E-state index contributed by atoms with van der Waals surface area (Å²) in [6.07, 6.45) is 5.12. The van der Waals surface area contributed by atoms with E-state index in [1.807, 2.05) is 0 Å². The number of carbonyl (C=O) groups is 2. The van der Waals surface area contributed by atoms with Gasteiger partial charge in [0.2, 0.25) is 5.79 Å². The molecule has 0 aromatic heterocycles. The molecule has 1 spiro atoms. The largest absolute Gasteiger partial charge is 1.00 e. The summed E-state index contributed by atoms with van der Waals surface area (Å²) in [5.41, 5.74) is -0.830. The zero-order valence-electron chi connectivity index (χ0n) is 23.1. The summed E-state index contributed by atoms with van der Waals surface area (Å²) in [6.45, 7) is -0.396. The van der Waals surface area contributed by atoms with E-state index in [0.717, 1.165) is 25.7 Å². The SMILES string of the molecule is O=C([O-])C(Cl)(CCOC1(C2CCCC(OP(=O)([O-])[O-])C2)OOC12C1CC3CC(C1)CC2C3)C(=O)[O-].[Na+].[Na+].[Na+].[Na+]. The van der Waals surface area contributed by atoms with Crippen LogP contribution >= 0.6 is 19.4 Å². The van der Waals surface area contributed by atoms with Crippen molar-refractivity contribution in [3.63, 3.8) is 0 Å². The van der Waals surface area contributed by atoms with Gasteiger partial charge in [-0.05, 0) is 75.0 Å². The minimum Gasteiger partial charge on any atom is -0.790 e. The average molecular weight is 627 g/mol. The Bertz CT molecular complexity index is 898. The zero-order valence-corrected chi connectivity index (χ0v) is 32.7. The van der Waals surface area contributed by atoms with E-state index in [1.54, 1.807) is 0 Å². The third-order valence-electron chi connectivity index (χ3n) is 9.05. The maximum Gasteiger partial charge on any atom is 1.00 e. The molecular formula is C22H28ClNa4O11P. The normalized spacial score (nSPS) is 38.3. The quantitative estimate of drug-likeness (QED) is 0.0780. The summed E-state index contributed by atoms with van der Waals surface area (Å²) in [4.78, 5) is 54.3. The molecule has 6 fully saturated rings. The summed E-state index contributed by atoms with van der Waals surface area (Å²) in [5.74, 6) is -4.36. The number of carboxylic acids is 2. The molecule has 1 saturated heterocycles. The Hall–Kier alpha value is 3.22.